The van der Waals surface area contributed by atoms with Crippen molar-refractivity contribution >= 4 is 5.52 Å². The first kappa shape index (κ1) is 14.8. The molecule has 0 saturated heterocycles. The van der Waals surface area contributed by atoms with E-state index in [2.05, 4.69) is 17.3 Å². The average Bonchev–Trinajstić information content (AvgIpc) is 2.82. The van der Waals surface area contributed by atoms with Crippen molar-refractivity contribution in [2.45, 2.75) is 46.1 Å². The maximum absolute atomic E-state index is 12.2. The Morgan fingerprint density at radius 3 is 2.85 bits per heavy atom. The molecule has 0 aromatic carbocycles. The minimum Gasteiger partial charge on any atom is -0.315 e. The fourth-order valence-electron chi connectivity index (χ4n) is 2.33. The van der Waals surface area contributed by atoms with E-state index in [1.54, 1.807) is 15.3 Å². The van der Waals surface area contributed by atoms with Crippen molar-refractivity contribution in [2.75, 3.05) is 13.1 Å². The first-order valence-electron chi connectivity index (χ1n) is 7.48. The molecule has 2 aromatic rings. The quantitative estimate of drug-likeness (QED) is 0.750. The normalized spacial score (nSPS) is 11.3. The van der Waals surface area contributed by atoms with Crippen LogP contribution in [0.5, 0.6) is 0 Å². The van der Waals surface area contributed by atoms with Crippen LogP contribution in [0.25, 0.3) is 5.52 Å². The Balaban J connectivity index is 1.84. The van der Waals surface area contributed by atoms with Crippen LogP contribution in [0.2, 0.25) is 0 Å². The molecule has 0 radical (unpaired) electrons. The summed E-state index contributed by atoms with van der Waals surface area (Å²) in [6.45, 7) is 6.67. The van der Waals surface area contributed by atoms with Crippen LogP contribution in [-0.4, -0.2) is 27.3 Å². The molecule has 0 aliphatic carbocycles. The maximum atomic E-state index is 12.2. The molecule has 0 saturated carbocycles. The molecule has 0 spiro atoms. The minimum atomic E-state index is 0.0286. The number of fused-ring (bicyclic) bond motifs is 1. The third kappa shape index (κ3) is 3.70. The van der Waals surface area contributed by atoms with Crippen LogP contribution in [0.15, 0.2) is 23.3 Å². The van der Waals surface area contributed by atoms with Gasteiger partial charge in [0.1, 0.15) is 5.52 Å². The van der Waals surface area contributed by atoms with Gasteiger partial charge in [-0.1, -0.05) is 26.2 Å². The van der Waals surface area contributed by atoms with Gasteiger partial charge in [0.25, 0.3) is 5.56 Å². The first-order chi connectivity index (χ1) is 9.72. The van der Waals surface area contributed by atoms with Crippen molar-refractivity contribution in [1.82, 2.24) is 19.5 Å². The third-order valence-corrected chi connectivity index (χ3v) is 3.46. The topological polar surface area (TPSA) is 51.3 Å². The predicted molar refractivity (Wildman–Crippen MR) is 81.2 cm³/mol. The molecule has 20 heavy (non-hydrogen) atoms. The molecule has 0 unspecified atom stereocenters. The van der Waals surface area contributed by atoms with E-state index in [1.165, 1.54) is 25.7 Å². The predicted octanol–water partition coefficient (Wildman–Crippen LogP) is 1.97. The Labute approximate surface area is 119 Å². The fraction of sp³-hybridized carbons (Fsp3) is 0.600. The Kier molecular flexibility index (Phi) is 5.35. The first-order valence-corrected chi connectivity index (χ1v) is 7.48. The largest absolute Gasteiger partial charge is 0.315 e. The molecule has 0 atom stereocenters. The lowest BCUT2D eigenvalue weighted by Gasteiger charge is -2.07. The molecule has 2 rings (SSSR count). The number of aryl methyl sites for hydroxylation is 1. The second kappa shape index (κ2) is 7.24. The lowest BCUT2D eigenvalue weighted by molar-refractivity contribution is 0.553. The highest BCUT2D eigenvalue weighted by atomic mass is 16.1. The van der Waals surface area contributed by atoms with Crippen molar-refractivity contribution in [2.24, 2.45) is 0 Å². The molecule has 0 amide bonds. The number of nitrogens with one attached hydrogen (secondary N) is 1. The fourth-order valence-corrected chi connectivity index (χ4v) is 2.33. The Morgan fingerprint density at radius 2 is 2.05 bits per heavy atom. The van der Waals surface area contributed by atoms with E-state index in [0.717, 1.165) is 18.8 Å². The number of hydrogen-bond acceptors (Lipinski definition) is 3. The van der Waals surface area contributed by atoms with Gasteiger partial charge in [0, 0.05) is 25.5 Å². The van der Waals surface area contributed by atoms with Crippen molar-refractivity contribution in [3.05, 3.63) is 34.5 Å². The summed E-state index contributed by atoms with van der Waals surface area (Å²) in [6, 6.07) is 1.83. The molecule has 0 aliphatic heterocycles. The highest BCUT2D eigenvalue weighted by Crippen LogP contribution is 2.00. The molecule has 5 heteroatoms. The van der Waals surface area contributed by atoms with E-state index in [0.29, 0.717) is 12.1 Å². The zero-order chi connectivity index (χ0) is 14.4. The highest BCUT2D eigenvalue weighted by molar-refractivity contribution is 5.44. The van der Waals surface area contributed by atoms with Gasteiger partial charge in [-0.2, -0.15) is 5.10 Å². The zero-order valence-electron chi connectivity index (χ0n) is 12.4. The van der Waals surface area contributed by atoms with Crippen LogP contribution in [0.3, 0.4) is 0 Å². The molecular formula is C15H24N4O. The second-order valence-electron chi connectivity index (χ2n) is 5.22. The van der Waals surface area contributed by atoms with Crippen LogP contribution in [0.4, 0.5) is 0 Å². The van der Waals surface area contributed by atoms with Gasteiger partial charge < -0.3 is 9.88 Å². The molecule has 5 nitrogen and oxygen atoms in total. The minimum absolute atomic E-state index is 0.0286. The molecule has 0 bridgehead atoms. The van der Waals surface area contributed by atoms with Crippen LogP contribution in [0, 0.1) is 6.92 Å². The summed E-state index contributed by atoms with van der Waals surface area (Å²) in [7, 11) is 0. The van der Waals surface area contributed by atoms with Crippen molar-refractivity contribution < 1.29 is 0 Å². The smallest absolute Gasteiger partial charge is 0.276 e. The van der Waals surface area contributed by atoms with Crippen LogP contribution >= 0.6 is 0 Å². The third-order valence-electron chi connectivity index (χ3n) is 3.46. The molecule has 2 aromatic heterocycles. The summed E-state index contributed by atoms with van der Waals surface area (Å²) in [5, 5.41) is 7.63. The molecule has 110 valence electrons. The summed E-state index contributed by atoms with van der Waals surface area (Å²) >= 11 is 0. The average molecular weight is 276 g/mol. The van der Waals surface area contributed by atoms with Gasteiger partial charge in [-0.15, -0.1) is 0 Å². The van der Waals surface area contributed by atoms with Crippen molar-refractivity contribution in [1.29, 1.82) is 0 Å². The van der Waals surface area contributed by atoms with Gasteiger partial charge >= 0.3 is 0 Å². The lowest BCUT2D eigenvalue weighted by atomic mass is 10.2. The standard InChI is InChI=1S/C15H24N4O/c1-3-4-5-6-7-16-8-9-18-10-11-19-14(15(18)20)12-13(2)17-19/h10-12,16H,3-9H2,1-2H3. The van der Waals surface area contributed by atoms with E-state index < -0.39 is 0 Å². The second-order valence-corrected chi connectivity index (χ2v) is 5.22. The zero-order valence-corrected chi connectivity index (χ0v) is 12.4. The SMILES string of the molecule is CCCCCCNCCn1ccn2nc(C)cc2c1=O. The van der Waals surface area contributed by atoms with E-state index in [1.807, 2.05) is 19.2 Å². The summed E-state index contributed by atoms with van der Waals surface area (Å²) in [5.41, 5.74) is 1.54. The summed E-state index contributed by atoms with van der Waals surface area (Å²) in [6.07, 6.45) is 8.71. The van der Waals surface area contributed by atoms with E-state index >= 15 is 0 Å². The van der Waals surface area contributed by atoms with E-state index in [-0.39, 0.29) is 5.56 Å². The molecule has 0 fully saturated rings. The van der Waals surface area contributed by atoms with Crippen LogP contribution in [-0.2, 0) is 6.54 Å². The van der Waals surface area contributed by atoms with Crippen LogP contribution in [0.1, 0.15) is 38.3 Å². The van der Waals surface area contributed by atoms with Gasteiger partial charge in [0.15, 0.2) is 0 Å². The summed E-state index contributed by atoms with van der Waals surface area (Å²) in [4.78, 5) is 12.2. The molecule has 2 heterocycles. The number of hydrogen-bond donors (Lipinski definition) is 1. The van der Waals surface area contributed by atoms with Gasteiger partial charge in [-0.3, -0.25) is 4.79 Å². The maximum Gasteiger partial charge on any atom is 0.276 e. The number of nitrogens with zero attached hydrogens (tertiary/aromatic N) is 3. The molecule has 0 aliphatic rings. The monoisotopic (exact) mass is 276 g/mol. The highest BCUT2D eigenvalue weighted by Gasteiger charge is 2.04. The van der Waals surface area contributed by atoms with Gasteiger partial charge in [0.05, 0.1) is 5.69 Å². The van der Waals surface area contributed by atoms with E-state index in [9.17, 15) is 4.79 Å². The summed E-state index contributed by atoms with van der Waals surface area (Å²) < 4.78 is 3.39. The Morgan fingerprint density at radius 1 is 1.20 bits per heavy atom. The summed E-state index contributed by atoms with van der Waals surface area (Å²) in [5.74, 6) is 0. The van der Waals surface area contributed by atoms with E-state index in [4.69, 9.17) is 0 Å². The Bertz CT molecular complexity index is 599. The van der Waals surface area contributed by atoms with Gasteiger partial charge in [-0.25, -0.2) is 4.52 Å². The Hall–Kier alpha value is -1.62. The molecule has 1 N–H and O–H groups in total. The van der Waals surface area contributed by atoms with Gasteiger partial charge in [-0.05, 0) is 26.0 Å². The van der Waals surface area contributed by atoms with Crippen LogP contribution < -0.4 is 10.9 Å². The number of unbranched alkanes of at least 4 members (excludes halogenated alkanes) is 3. The van der Waals surface area contributed by atoms with Crippen molar-refractivity contribution in [3.63, 3.8) is 0 Å². The number of rotatable bonds is 8. The lowest BCUT2D eigenvalue weighted by Crippen LogP contribution is -2.28. The van der Waals surface area contributed by atoms with Crippen molar-refractivity contribution in [3.8, 4) is 0 Å². The van der Waals surface area contributed by atoms with Gasteiger partial charge in [0.2, 0.25) is 0 Å². The molecular weight excluding hydrogens is 252 g/mol. The number of aromatic nitrogens is 3.